The van der Waals surface area contributed by atoms with Gasteiger partial charge in [0.05, 0.1) is 6.20 Å². The van der Waals surface area contributed by atoms with Gasteiger partial charge < -0.3 is 10.2 Å². The van der Waals surface area contributed by atoms with Gasteiger partial charge in [0.2, 0.25) is 5.95 Å². The number of nitrogens with one attached hydrogen (secondary N) is 1. The van der Waals surface area contributed by atoms with E-state index in [1.165, 1.54) is 5.56 Å². The fraction of sp³-hybridized carbons (Fsp3) is 0.167. The number of hydrogen-bond acceptors (Lipinski definition) is 5. The van der Waals surface area contributed by atoms with Gasteiger partial charge in [0.15, 0.2) is 5.82 Å². The lowest BCUT2D eigenvalue weighted by molar-refractivity contribution is 0.922. The summed E-state index contributed by atoms with van der Waals surface area (Å²) in [5.74, 6) is 1.23. The standard InChI is InChI=1S/C18H18BrN5/c1-3-24(15-7-5-4-6-8-15)17-12-20-23-18(22-17)21-14-10-9-13(2)16(19)11-14/h4-12H,3H2,1-2H3,(H,21,22,23). The van der Waals surface area contributed by atoms with E-state index in [1.807, 2.05) is 43.3 Å². The van der Waals surface area contributed by atoms with E-state index in [0.717, 1.165) is 28.2 Å². The van der Waals surface area contributed by atoms with Gasteiger partial charge in [0.1, 0.15) is 0 Å². The van der Waals surface area contributed by atoms with E-state index in [2.05, 4.69) is 60.4 Å². The van der Waals surface area contributed by atoms with Crippen LogP contribution in [0.4, 0.5) is 23.1 Å². The Balaban J connectivity index is 1.86. The highest BCUT2D eigenvalue weighted by Gasteiger charge is 2.10. The van der Waals surface area contributed by atoms with Gasteiger partial charge >= 0.3 is 0 Å². The maximum atomic E-state index is 4.59. The second kappa shape index (κ2) is 7.40. The first-order valence-corrected chi connectivity index (χ1v) is 8.52. The molecule has 24 heavy (non-hydrogen) atoms. The van der Waals surface area contributed by atoms with Gasteiger partial charge in [-0.25, -0.2) is 0 Å². The average molecular weight is 384 g/mol. The molecule has 0 aliphatic heterocycles. The highest BCUT2D eigenvalue weighted by Crippen LogP contribution is 2.25. The lowest BCUT2D eigenvalue weighted by atomic mass is 10.2. The molecule has 3 aromatic rings. The number of halogens is 1. The molecular formula is C18H18BrN5. The summed E-state index contributed by atoms with van der Waals surface area (Å²) in [6.45, 7) is 4.92. The van der Waals surface area contributed by atoms with Crippen LogP contribution < -0.4 is 10.2 Å². The zero-order chi connectivity index (χ0) is 16.9. The van der Waals surface area contributed by atoms with Crippen LogP contribution in [0.25, 0.3) is 0 Å². The van der Waals surface area contributed by atoms with Gasteiger partial charge in [0, 0.05) is 22.4 Å². The van der Waals surface area contributed by atoms with E-state index in [0.29, 0.717) is 5.95 Å². The van der Waals surface area contributed by atoms with Crippen molar-refractivity contribution >= 4 is 39.1 Å². The minimum absolute atomic E-state index is 0.470. The number of benzene rings is 2. The fourth-order valence-corrected chi connectivity index (χ4v) is 2.74. The van der Waals surface area contributed by atoms with Crippen LogP contribution in [0.15, 0.2) is 59.2 Å². The van der Waals surface area contributed by atoms with Crippen molar-refractivity contribution in [2.45, 2.75) is 13.8 Å². The lowest BCUT2D eigenvalue weighted by Gasteiger charge is -2.21. The first kappa shape index (κ1) is 16.4. The molecule has 1 N–H and O–H groups in total. The molecule has 2 aromatic carbocycles. The number of hydrogen-bond donors (Lipinski definition) is 1. The van der Waals surface area contributed by atoms with Crippen molar-refractivity contribution in [1.82, 2.24) is 15.2 Å². The number of aromatic nitrogens is 3. The third-order valence-corrected chi connectivity index (χ3v) is 4.49. The van der Waals surface area contributed by atoms with Gasteiger partial charge in [-0.2, -0.15) is 10.1 Å². The number of anilines is 4. The molecule has 1 aromatic heterocycles. The van der Waals surface area contributed by atoms with Crippen LogP contribution in [0.3, 0.4) is 0 Å². The molecule has 122 valence electrons. The number of aryl methyl sites for hydroxylation is 1. The summed E-state index contributed by atoms with van der Waals surface area (Å²) in [4.78, 5) is 6.68. The first-order valence-electron chi connectivity index (χ1n) is 7.73. The molecule has 0 saturated carbocycles. The van der Waals surface area contributed by atoms with Gasteiger partial charge in [0.25, 0.3) is 0 Å². The molecule has 0 bridgehead atoms. The quantitative estimate of drug-likeness (QED) is 0.682. The van der Waals surface area contributed by atoms with Crippen LogP contribution in [-0.4, -0.2) is 21.7 Å². The second-order valence-electron chi connectivity index (χ2n) is 5.31. The minimum atomic E-state index is 0.470. The molecule has 0 radical (unpaired) electrons. The third kappa shape index (κ3) is 3.71. The maximum absolute atomic E-state index is 4.59. The van der Waals surface area contributed by atoms with E-state index in [1.54, 1.807) is 6.20 Å². The Kier molecular flexibility index (Phi) is 5.05. The van der Waals surface area contributed by atoms with E-state index in [-0.39, 0.29) is 0 Å². The monoisotopic (exact) mass is 383 g/mol. The van der Waals surface area contributed by atoms with Crippen LogP contribution >= 0.6 is 15.9 Å². The average Bonchev–Trinajstić information content (AvgIpc) is 2.60. The Bertz CT molecular complexity index is 823. The SMILES string of the molecule is CCN(c1ccccc1)c1cnnc(Nc2ccc(C)c(Br)c2)n1. The third-order valence-electron chi connectivity index (χ3n) is 3.63. The number of nitrogens with zero attached hydrogens (tertiary/aromatic N) is 4. The summed E-state index contributed by atoms with van der Waals surface area (Å²) < 4.78 is 1.04. The van der Waals surface area contributed by atoms with Crippen molar-refractivity contribution < 1.29 is 0 Å². The lowest BCUT2D eigenvalue weighted by Crippen LogP contribution is -2.18. The smallest absolute Gasteiger partial charge is 0.249 e. The molecule has 0 amide bonds. The molecule has 0 unspecified atom stereocenters. The molecule has 0 fully saturated rings. The summed E-state index contributed by atoms with van der Waals surface area (Å²) in [5, 5.41) is 11.4. The zero-order valence-electron chi connectivity index (χ0n) is 13.6. The van der Waals surface area contributed by atoms with Crippen molar-refractivity contribution in [3.8, 4) is 0 Å². The predicted molar refractivity (Wildman–Crippen MR) is 101 cm³/mol. The summed E-state index contributed by atoms with van der Waals surface area (Å²) in [6.07, 6.45) is 1.67. The van der Waals surface area contributed by atoms with E-state index < -0.39 is 0 Å². The molecule has 0 atom stereocenters. The molecule has 0 saturated heterocycles. The fourth-order valence-electron chi connectivity index (χ4n) is 2.36. The van der Waals surface area contributed by atoms with Crippen LogP contribution in [0, 0.1) is 6.92 Å². The molecule has 0 spiro atoms. The van der Waals surface area contributed by atoms with Crippen LogP contribution in [0.5, 0.6) is 0 Å². The molecule has 3 rings (SSSR count). The van der Waals surface area contributed by atoms with Gasteiger partial charge in [-0.15, -0.1) is 5.10 Å². The van der Waals surface area contributed by atoms with Crippen LogP contribution in [0.2, 0.25) is 0 Å². The molecule has 0 aliphatic carbocycles. The van der Waals surface area contributed by atoms with Crippen molar-refractivity contribution in [3.63, 3.8) is 0 Å². The van der Waals surface area contributed by atoms with Gasteiger partial charge in [-0.1, -0.05) is 40.2 Å². The Morgan fingerprint density at radius 2 is 1.92 bits per heavy atom. The van der Waals surface area contributed by atoms with E-state index in [9.17, 15) is 0 Å². The van der Waals surface area contributed by atoms with E-state index >= 15 is 0 Å². The Hall–Kier alpha value is -2.47. The van der Waals surface area contributed by atoms with Gasteiger partial charge in [-0.05, 0) is 43.7 Å². The highest BCUT2D eigenvalue weighted by atomic mass is 79.9. The van der Waals surface area contributed by atoms with E-state index in [4.69, 9.17) is 0 Å². The highest BCUT2D eigenvalue weighted by molar-refractivity contribution is 9.10. The number of para-hydroxylation sites is 1. The first-order chi connectivity index (χ1) is 11.7. The molecule has 0 aliphatic rings. The Morgan fingerprint density at radius 1 is 1.12 bits per heavy atom. The summed E-state index contributed by atoms with van der Waals surface area (Å²) in [5.41, 5.74) is 3.16. The summed E-state index contributed by atoms with van der Waals surface area (Å²) in [7, 11) is 0. The second-order valence-corrected chi connectivity index (χ2v) is 6.16. The van der Waals surface area contributed by atoms with Gasteiger partial charge in [-0.3, -0.25) is 0 Å². The molecule has 5 nitrogen and oxygen atoms in total. The Labute approximate surface area is 149 Å². The largest absolute Gasteiger partial charge is 0.325 e. The van der Waals surface area contributed by atoms with Crippen molar-refractivity contribution in [3.05, 3.63) is 64.8 Å². The molecule has 6 heteroatoms. The van der Waals surface area contributed by atoms with Crippen molar-refractivity contribution in [2.24, 2.45) is 0 Å². The summed E-state index contributed by atoms with van der Waals surface area (Å²) >= 11 is 3.53. The van der Waals surface area contributed by atoms with Crippen molar-refractivity contribution in [2.75, 3.05) is 16.8 Å². The van der Waals surface area contributed by atoms with Crippen molar-refractivity contribution in [1.29, 1.82) is 0 Å². The predicted octanol–water partition coefficient (Wildman–Crippen LogP) is 4.84. The minimum Gasteiger partial charge on any atom is -0.325 e. The molecule has 1 heterocycles. The Morgan fingerprint density at radius 3 is 2.62 bits per heavy atom. The van der Waals surface area contributed by atoms with Crippen LogP contribution in [0.1, 0.15) is 12.5 Å². The number of rotatable bonds is 5. The topological polar surface area (TPSA) is 53.9 Å². The summed E-state index contributed by atoms with van der Waals surface area (Å²) in [6, 6.07) is 16.1. The van der Waals surface area contributed by atoms with Crippen LogP contribution in [-0.2, 0) is 0 Å². The normalized spacial score (nSPS) is 10.5. The molecular weight excluding hydrogens is 366 g/mol. The zero-order valence-corrected chi connectivity index (χ0v) is 15.2. The maximum Gasteiger partial charge on any atom is 0.249 e.